The zero-order valence-corrected chi connectivity index (χ0v) is 27.1. The minimum Gasteiger partial charge on any atom is -0.456 e. The Bertz CT molecular complexity index is 2780. The third-order valence-electron chi connectivity index (χ3n) is 9.88. The van der Waals surface area contributed by atoms with Gasteiger partial charge in [0.1, 0.15) is 22.7 Å². The zero-order chi connectivity index (χ0) is 33.0. The second kappa shape index (κ2) is 11.5. The molecule has 10 aromatic rings. The first-order valence-corrected chi connectivity index (χ1v) is 17.0. The molecule has 0 saturated heterocycles. The fourth-order valence-electron chi connectivity index (χ4n) is 7.49. The van der Waals surface area contributed by atoms with E-state index >= 15 is 0 Å². The molecule has 0 aliphatic carbocycles. The summed E-state index contributed by atoms with van der Waals surface area (Å²) < 4.78 is 12.6. The van der Waals surface area contributed by atoms with Gasteiger partial charge in [-0.15, -0.1) is 0 Å². The Morgan fingerprint density at radius 3 is 1.20 bits per heavy atom. The average Bonchev–Trinajstić information content (AvgIpc) is 3.82. The summed E-state index contributed by atoms with van der Waals surface area (Å²) in [6, 6.07) is 64.5. The van der Waals surface area contributed by atoms with Crippen molar-refractivity contribution < 1.29 is 8.83 Å². The van der Waals surface area contributed by atoms with E-state index < -0.39 is 0 Å². The molecular weight excluding hydrogens is 609 g/mol. The van der Waals surface area contributed by atoms with Crippen molar-refractivity contribution in [1.82, 2.24) is 0 Å². The number of furan rings is 2. The predicted molar refractivity (Wildman–Crippen MR) is 208 cm³/mol. The van der Waals surface area contributed by atoms with Crippen LogP contribution in [0.15, 0.2) is 191 Å². The van der Waals surface area contributed by atoms with Crippen molar-refractivity contribution in [3.05, 3.63) is 182 Å². The Kier molecular flexibility index (Phi) is 6.53. The predicted octanol–water partition coefficient (Wildman–Crippen LogP) is 13.8. The number of rotatable bonds is 5. The van der Waals surface area contributed by atoms with Gasteiger partial charge < -0.3 is 8.83 Å². The second-order valence-corrected chi connectivity index (χ2v) is 12.9. The van der Waals surface area contributed by atoms with E-state index in [4.69, 9.17) is 8.83 Å². The Hall–Kier alpha value is -6.64. The molecule has 2 nitrogen and oxygen atoms in total. The maximum absolute atomic E-state index is 6.45. The number of fused-ring (bicyclic) bond motifs is 4. The van der Waals surface area contributed by atoms with E-state index in [-0.39, 0.29) is 0 Å². The zero-order valence-electron chi connectivity index (χ0n) is 27.1. The number of hydrogen-bond donors (Lipinski definition) is 0. The van der Waals surface area contributed by atoms with Gasteiger partial charge in [-0.05, 0) is 97.4 Å². The summed E-state index contributed by atoms with van der Waals surface area (Å²) in [4.78, 5) is 0. The quantitative estimate of drug-likeness (QED) is 0.175. The maximum atomic E-state index is 6.45. The van der Waals surface area contributed by atoms with Gasteiger partial charge in [-0.25, -0.2) is 0 Å². The highest BCUT2D eigenvalue weighted by Gasteiger charge is 2.18. The summed E-state index contributed by atoms with van der Waals surface area (Å²) in [6.45, 7) is 0. The normalized spacial score (nSPS) is 11.6. The van der Waals surface area contributed by atoms with Gasteiger partial charge in [-0.2, -0.15) is 0 Å². The van der Waals surface area contributed by atoms with E-state index in [1.54, 1.807) is 0 Å². The summed E-state index contributed by atoms with van der Waals surface area (Å²) >= 11 is 0. The van der Waals surface area contributed by atoms with Gasteiger partial charge in [0.25, 0.3) is 0 Å². The Balaban J connectivity index is 1.08. The Morgan fingerprint density at radius 1 is 0.260 bits per heavy atom. The van der Waals surface area contributed by atoms with Crippen LogP contribution >= 0.6 is 0 Å². The van der Waals surface area contributed by atoms with Gasteiger partial charge in [0.2, 0.25) is 0 Å². The molecule has 0 spiro atoms. The highest BCUT2D eigenvalue weighted by atomic mass is 16.3. The van der Waals surface area contributed by atoms with E-state index in [0.717, 1.165) is 44.6 Å². The highest BCUT2D eigenvalue weighted by molar-refractivity contribution is 6.21. The van der Waals surface area contributed by atoms with Gasteiger partial charge in [0.15, 0.2) is 0 Å². The molecule has 0 amide bonds. The van der Waals surface area contributed by atoms with Crippen LogP contribution in [-0.4, -0.2) is 0 Å². The van der Waals surface area contributed by atoms with Crippen LogP contribution < -0.4 is 0 Å². The van der Waals surface area contributed by atoms with Crippen molar-refractivity contribution in [2.24, 2.45) is 0 Å². The molecule has 0 N–H and O–H groups in total. The van der Waals surface area contributed by atoms with E-state index in [1.807, 2.05) is 24.3 Å². The fraction of sp³-hybridized carbons (Fsp3) is 0. The molecule has 0 radical (unpaired) electrons. The number of benzene rings is 8. The smallest absolute Gasteiger partial charge is 0.135 e. The summed E-state index contributed by atoms with van der Waals surface area (Å²) in [5, 5.41) is 7.07. The first-order valence-electron chi connectivity index (χ1n) is 17.0. The van der Waals surface area contributed by atoms with E-state index in [1.165, 1.54) is 54.9 Å². The molecule has 2 aromatic heterocycles. The van der Waals surface area contributed by atoms with Crippen molar-refractivity contribution in [1.29, 1.82) is 0 Å². The summed E-state index contributed by atoms with van der Waals surface area (Å²) in [5.74, 6) is 1.70. The molecule has 8 aromatic carbocycles. The van der Waals surface area contributed by atoms with E-state index in [2.05, 4.69) is 158 Å². The molecule has 0 fully saturated rings. The van der Waals surface area contributed by atoms with Crippen LogP contribution in [0.3, 0.4) is 0 Å². The Labute approximate surface area is 289 Å². The van der Waals surface area contributed by atoms with E-state index in [9.17, 15) is 0 Å². The van der Waals surface area contributed by atoms with Crippen LogP contribution in [0, 0.1) is 0 Å². The number of hydrogen-bond acceptors (Lipinski definition) is 2. The van der Waals surface area contributed by atoms with Crippen LogP contribution in [0.2, 0.25) is 0 Å². The van der Waals surface area contributed by atoms with Gasteiger partial charge in [0.05, 0.1) is 0 Å². The SMILES string of the molecule is c1ccc(-c2ccc(-c3c4ccccc4c(-c4ccc5oc(-c6ccc7oc(-c8ccccc8)cc7c6)cc5c4)c4ccccc34)cc2)cc1. The average molecular weight is 639 g/mol. The van der Waals surface area contributed by atoms with Crippen LogP contribution in [0.4, 0.5) is 0 Å². The van der Waals surface area contributed by atoms with Gasteiger partial charge in [-0.1, -0.05) is 140 Å². The lowest BCUT2D eigenvalue weighted by Crippen LogP contribution is -1.91. The van der Waals surface area contributed by atoms with Gasteiger partial charge in [0, 0.05) is 21.9 Å². The van der Waals surface area contributed by atoms with E-state index in [0.29, 0.717) is 0 Å². The summed E-state index contributed by atoms with van der Waals surface area (Å²) in [6.07, 6.45) is 0. The molecular formula is C48H30O2. The standard InChI is InChI=1S/C48H30O2/c1-3-11-31(12-4-1)32-19-21-34(22-20-32)47-39-15-7-9-17-41(39)48(42-18-10-8-16-40(42)47)36-24-26-44-38(28-36)30-46(50-44)35-23-25-43-37(27-35)29-45(49-43)33-13-5-2-6-14-33/h1-30H. The molecule has 2 heterocycles. The molecule has 10 rings (SSSR count). The lowest BCUT2D eigenvalue weighted by Gasteiger charge is -2.18. The first kappa shape index (κ1) is 28.4. The minimum atomic E-state index is 0.838. The second-order valence-electron chi connectivity index (χ2n) is 12.9. The lowest BCUT2D eigenvalue weighted by molar-refractivity contribution is 0.629. The Morgan fingerprint density at radius 2 is 0.640 bits per heavy atom. The van der Waals surface area contributed by atoms with Crippen molar-refractivity contribution in [2.45, 2.75) is 0 Å². The summed E-state index contributed by atoms with van der Waals surface area (Å²) in [5.41, 5.74) is 11.1. The van der Waals surface area contributed by atoms with Crippen molar-refractivity contribution in [3.63, 3.8) is 0 Å². The fourth-order valence-corrected chi connectivity index (χ4v) is 7.49. The third-order valence-corrected chi connectivity index (χ3v) is 9.88. The molecule has 234 valence electrons. The topological polar surface area (TPSA) is 26.3 Å². The largest absolute Gasteiger partial charge is 0.456 e. The monoisotopic (exact) mass is 638 g/mol. The molecule has 0 atom stereocenters. The van der Waals surface area contributed by atoms with Crippen molar-refractivity contribution >= 4 is 43.5 Å². The third kappa shape index (κ3) is 4.73. The van der Waals surface area contributed by atoms with Gasteiger partial charge >= 0.3 is 0 Å². The van der Waals surface area contributed by atoms with Gasteiger partial charge in [-0.3, -0.25) is 0 Å². The van der Waals surface area contributed by atoms with Crippen molar-refractivity contribution in [2.75, 3.05) is 0 Å². The summed E-state index contributed by atoms with van der Waals surface area (Å²) in [7, 11) is 0. The van der Waals surface area contributed by atoms with Crippen LogP contribution in [0.1, 0.15) is 0 Å². The molecule has 0 aliphatic heterocycles. The first-order chi connectivity index (χ1) is 24.8. The molecule has 0 bridgehead atoms. The molecule has 50 heavy (non-hydrogen) atoms. The van der Waals surface area contributed by atoms with Crippen LogP contribution in [-0.2, 0) is 0 Å². The molecule has 0 aliphatic rings. The highest BCUT2D eigenvalue weighted by Crippen LogP contribution is 2.45. The maximum Gasteiger partial charge on any atom is 0.135 e. The lowest BCUT2D eigenvalue weighted by atomic mass is 9.85. The van der Waals surface area contributed by atoms with Crippen LogP contribution in [0.25, 0.3) is 99.5 Å². The minimum absolute atomic E-state index is 0.838. The molecule has 0 saturated carbocycles. The molecule has 0 unspecified atom stereocenters. The molecule has 2 heteroatoms. The van der Waals surface area contributed by atoms with Crippen molar-refractivity contribution in [3.8, 4) is 56.0 Å². The van der Waals surface area contributed by atoms with Crippen LogP contribution in [0.5, 0.6) is 0 Å².